The van der Waals surface area contributed by atoms with Gasteiger partial charge >= 0.3 is 0 Å². The van der Waals surface area contributed by atoms with E-state index in [0.717, 1.165) is 0 Å². The van der Waals surface area contributed by atoms with E-state index in [-0.39, 0.29) is 0 Å². The van der Waals surface area contributed by atoms with Crippen LogP contribution in [0.2, 0.25) is 0 Å². The number of aliphatic hydroxyl groups is 3. The average Bonchev–Trinajstić information content (AvgIpc) is 2.30. The highest BCUT2D eigenvalue weighted by atomic mass is 16.6. The van der Waals surface area contributed by atoms with Gasteiger partial charge in [0.2, 0.25) is 0 Å². The fourth-order valence-electron chi connectivity index (χ4n) is 1.04. The predicted octanol–water partition coefficient (Wildman–Crippen LogP) is -2.33. The zero-order valence-corrected chi connectivity index (χ0v) is 5.75. The maximum Gasteiger partial charge on any atom is 0.151 e. The van der Waals surface area contributed by atoms with Crippen LogP contribution < -0.4 is 0 Å². The highest BCUT2D eigenvalue weighted by molar-refractivity contribution is 5.58. The molecule has 0 unspecified atom stereocenters. The number of hydrogen-bond donors (Lipinski definition) is 3. The Labute approximate surface area is 63.2 Å². The zero-order chi connectivity index (χ0) is 8.43. The van der Waals surface area contributed by atoms with Gasteiger partial charge in [0.15, 0.2) is 6.29 Å². The third-order valence-electron chi connectivity index (χ3n) is 1.71. The van der Waals surface area contributed by atoms with Crippen molar-refractivity contribution in [3.8, 4) is 0 Å². The summed E-state index contributed by atoms with van der Waals surface area (Å²) in [5, 5.41) is 26.7. The Morgan fingerprint density at radius 2 is 2.00 bits per heavy atom. The molecule has 0 saturated carbocycles. The van der Waals surface area contributed by atoms with Crippen molar-refractivity contribution < 1.29 is 24.9 Å². The normalized spacial score (nSPS) is 44.3. The van der Waals surface area contributed by atoms with E-state index >= 15 is 0 Å². The summed E-state index contributed by atoms with van der Waals surface area (Å²) in [6.07, 6.45) is -3.84. The molecule has 4 atom stereocenters. The van der Waals surface area contributed by atoms with Gasteiger partial charge in [-0.2, -0.15) is 0 Å². The quantitative estimate of drug-likeness (QED) is 0.396. The Hall–Kier alpha value is -0.490. The van der Waals surface area contributed by atoms with Gasteiger partial charge in [-0.1, -0.05) is 0 Å². The molecule has 64 valence electrons. The van der Waals surface area contributed by atoms with Gasteiger partial charge in [0, 0.05) is 0 Å². The summed E-state index contributed by atoms with van der Waals surface area (Å²) < 4.78 is 4.77. The van der Waals surface area contributed by atoms with Gasteiger partial charge in [0.05, 0.1) is 6.61 Å². The van der Waals surface area contributed by atoms with Crippen molar-refractivity contribution >= 4 is 6.29 Å². The lowest BCUT2D eigenvalue weighted by Crippen LogP contribution is -2.34. The van der Waals surface area contributed by atoms with Gasteiger partial charge in [-0.05, 0) is 0 Å². The highest BCUT2D eigenvalue weighted by Gasteiger charge is 2.41. The van der Waals surface area contributed by atoms with E-state index in [0.29, 0.717) is 6.29 Å². The summed E-state index contributed by atoms with van der Waals surface area (Å²) in [5.41, 5.74) is 0. The van der Waals surface area contributed by atoms with E-state index in [4.69, 9.17) is 20.1 Å². The summed E-state index contributed by atoms with van der Waals surface area (Å²) in [7, 11) is 0. The topological polar surface area (TPSA) is 87.0 Å². The average molecular weight is 162 g/mol. The van der Waals surface area contributed by atoms with E-state index in [1.807, 2.05) is 0 Å². The maximum absolute atomic E-state index is 10.1. The smallest absolute Gasteiger partial charge is 0.151 e. The monoisotopic (exact) mass is 162 g/mol. The van der Waals surface area contributed by atoms with E-state index < -0.39 is 31.0 Å². The molecule has 5 nitrogen and oxygen atoms in total. The van der Waals surface area contributed by atoms with Crippen LogP contribution in [0.5, 0.6) is 0 Å². The molecule has 1 fully saturated rings. The Morgan fingerprint density at radius 1 is 1.36 bits per heavy atom. The Kier molecular flexibility index (Phi) is 2.56. The first-order valence-corrected chi connectivity index (χ1v) is 3.28. The molecule has 0 aliphatic carbocycles. The largest absolute Gasteiger partial charge is 0.394 e. The second-order valence-corrected chi connectivity index (χ2v) is 2.44. The first-order chi connectivity index (χ1) is 5.20. The van der Waals surface area contributed by atoms with E-state index in [1.165, 1.54) is 0 Å². The molecule has 0 radical (unpaired) electrons. The molecule has 5 heteroatoms. The van der Waals surface area contributed by atoms with E-state index in [9.17, 15) is 4.79 Å². The zero-order valence-electron chi connectivity index (χ0n) is 5.75. The predicted molar refractivity (Wildman–Crippen MR) is 33.8 cm³/mol. The van der Waals surface area contributed by atoms with Gasteiger partial charge in [0.1, 0.15) is 24.4 Å². The number of carbonyl (C=O) groups excluding carboxylic acids is 1. The Bertz CT molecular complexity index is 148. The SMILES string of the molecule is O=C[C@@H]1O[C@@H](CO)[C@@H](O)[C@@H]1O. The van der Waals surface area contributed by atoms with Crippen LogP contribution in [0.25, 0.3) is 0 Å². The minimum Gasteiger partial charge on any atom is -0.394 e. The highest BCUT2D eigenvalue weighted by Crippen LogP contribution is 2.19. The molecule has 0 aromatic heterocycles. The first-order valence-electron chi connectivity index (χ1n) is 3.28. The lowest BCUT2D eigenvalue weighted by molar-refractivity contribution is -0.121. The molecular formula is C6H10O5. The van der Waals surface area contributed by atoms with Crippen molar-refractivity contribution in [2.24, 2.45) is 0 Å². The van der Waals surface area contributed by atoms with Gasteiger partial charge in [-0.25, -0.2) is 0 Å². The maximum atomic E-state index is 10.1. The summed E-state index contributed by atoms with van der Waals surface area (Å²) >= 11 is 0. The number of hydrogen-bond acceptors (Lipinski definition) is 5. The number of carbonyl (C=O) groups is 1. The fourth-order valence-corrected chi connectivity index (χ4v) is 1.04. The van der Waals surface area contributed by atoms with Crippen LogP contribution >= 0.6 is 0 Å². The second kappa shape index (κ2) is 3.27. The molecule has 1 aliphatic rings. The van der Waals surface area contributed by atoms with Crippen molar-refractivity contribution in [1.29, 1.82) is 0 Å². The summed E-state index contributed by atoms with van der Waals surface area (Å²) in [4.78, 5) is 10.1. The van der Waals surface area contributed by atoms with E-state index in [1.54, 1.807) is 0 Å². The Morgan fingerprint density at radius 3 is 2.27 bits per heavy atom. The van der Waals surface area contributed by atoms with Crippen molar-refractivity contribution in [2.45, 2.75) is 24.4 Å². The first kappa shape index (κ1) is 8.61. The molecular weight excluding hydrogens is 152 g/mol. The van der Waals surface area contributed by atoms with Gasteiger partial charge in [0.25, 0.3) is 0 Å². The number of aliphatic hydroxyl groups excluding tert-OH is 3. The van der Waals surface area contributed by atoms with Crippen molar-refractivity contribution in [2.75, 3.05) is 6.61 Å². The van der Waals surface area contributed by atoms with Crippen LogP contribution in [0, 0.1) is 0 Å². The minimum atomic E-state index is -1.22. The summed E-state index contributed by atoms with van der Waals surface area (Å²) in [5.74, 6) is 0. The summed E-state index contributed by atoms with van der Waals surface area (Å²) in [6.45, 7) is -0.400. The molecule has 0 bridgehead atoms. The molecule has 11 heavy (non-hydrogen) atoms. The molecule has 0 aromatic carbocycles. The molecule has 0 spiro atoms. The molecule has 1 rings (SSSR count). The molecule has 1 heterocycles. The lowest BCUT2D eigenvalue weighted by atomic mass is 10.1. The van der Waals surface area contributed by atoms with Crippen molar-refractivity contribution in [1.82, 2.24) is 0 Å². The van der Waals surface area contributed by atoms with Gasteiger partial charge in [-0.3, -0.25) is 0 Å². The van der Waals surface area contributed by atoms with Crippen LogP contribution in [0.4, 0.5) is 0 Å². The number of ether oxygens (including phenoxy) is 1. The standard InChI is InChI=1S/C6H10O5/c7-1-3-5(9)6(10)4(2-8)11-3/h1,3-6,8-10H,2H2/t3-,4-,5+,6+/m0/s1. The number of rotatable bonds is 2. The van der Waals surface area contributed by atoms with E-state index in [2.05, 4.69) is 0 Å². The van der Waals surface area contributed by atoms with Crippen molar-refractivity contribution in [3.63, 3.8) is 0 Å². The van der Waals surface area contributed by atoms with Crippen LogP contribution in [0.3, 0.4) is 0 Å². The molecule has 0 amide bonds. The summed E-state index contributed by atoms with van der Waals surface area (Å²) in [6, 6.07) is 0. The third-order valence-corrected chi connectivity index (χ3v) is 1.71. The lowest BCUT2D eigenvalue weighted by Gasteiger charge is -2.10. The van der Waals surface area contributed by atoms with Crippen LogP contribution in [-0.4, -0.2) is 52.6 Å². The van der Waals surface area contributed by atoms with Gasteiger partial charge in [-0.15, -0.1) is 0 Å². The molecule has 1 saturated heterocycles. The van der Waals surface area contributed by atoms with Crippen LogP contribution in [0.1, 0.15) is 0 Å². The van der Waals surface area contributed by atoms with Crippen LogP contribution in [-0.2, 0) is 9.53 Å². The molecule has 1 aliphatic heterocycles. The van der Waals surface area contributed by atoms with Gasteiger partial charge < -0.3 is 24.9 Å². The number of aldehydes is 1. The third kappa shape index (κ3) is 1.41. The second-order valence-electron chi connectivity index (χ2n) is 2.44. The molecule has 3 N–H and O–H groups in total. The Balaban J connectivity index is 2.60. The minimum absolute atomic E-state index is 0.400. The molecule has 0 aromatic rings. The fraction of sp³-hybridized carbons (Fsp3) is 0.833. The van der Waals surface area contributed by atoms with Crippen molar-refractivity contribution in [3.05, 3.63) is 0 Å². The van der Waals surface area contributed by atoms with Crippen LogP contribution in [0.15, 0.2) is 0 Å².